The highest BCUT2D eigenvalue weighted by Crippen LogP contribution is 2.37. The van der Waals surface area contributed by atoms with Crippen LogP contribution in [0.3, 0.4) is 0 Å². The Hall–Kier alpha value is -3.04. The van der Waals surface area contributed by atoms with Gasteiger partial charge in [0.1, 0.15) is 5.69 Å². The predicted molar refractivity (Wildman–Crippen MR) is 99.1 cm³/mol. The van der Waals surface area contributed by atoms with Crippen molar-refractivity contribution < 1.29 is 18.9 Å². The first-order chi connectivity index (χ1) is 12.8. The molecule has 0 aliphatic heterocycles. The van der Waals surface area contributed by atoms with Crippen LogP contribution in [0.5, 0.6) is 0 Å². The molecule has 140 valence electrons. The number of guanidine groups is 1. The molecule has 0 aliphatic rings. The molecule has 0 atom stereocenters. The first kappa shape index (κ1) is 18.7. The Balaban J connectivity index is 1.89. The summed E-state index contributed by atoms with van der Waals surface area (Å²) in [6.07, 6.45) is 1.70. The lowest BCUT2D eigenvalue weighted by molar-refractivity contribution is 0.189. The van der Waals surface area contributed by atoms with E-state index in [0.29, 0.717) is 28.2 Å². The van der Waals surface area contributed by atoms with Gasteiger partial charge in [-0.05, 0) is 23.8 Å². The quantitative estimate of drug-likeness (QED) is 0.280. The van der Waals surface area contributed by atoms with Crippen molar-refractivity contribution in [3.8, 4) is 16.9 Å². The van der Waals surface area contributed by atoms with Crippen molar-refractivity contribution in [3.05, 3.63) is 60.3 Å². The maximum Gasteiger partial charge on any atom is 0.469 e. The molecule has 0 radical (unpaired) electrons. The van der Waals surface area contributed by atoms with Crippen molar-refractivity contribution in [2.75, 3.05) is 0 Å². The van der Waals surface area contributed by atoms with E-state index in [1.807, 2.05) is 12.1 Å². The zero-order valence-corrected chi connectivity index (χ0v) is 14.9. The van der Waals surface area contributed by atoms with E-state index in [2.05, 4.69) is 19.8 Å². The zero-order valence-electron chi connectivity index (χ0n) is 14.0. The van der Waals surface area contributed by atoms with Crippen LogP contribution in [0.4, 0.5) is 5.69 Å². The van der Waals surface area contributed by atoms with Gasteiger partial charge in [-0.25, -0.2) is 14.2 Å². The van der Waals surface area contributed by atoms with Crippen molar-refractivity contribution in [1.82, 2.24) is 15.0 Å². The van der Waals surface area contributed by atoms with Crippen molar-refractivity contribution in [2.45, 2.75) is 6.61 Å². The van der Waals surface area contributed by atoms with E-state index in [1.165, 1.54) is 4.68 Å². The molecule has 0 saturated carbocycles. The largest absolute Gasteiger partial charge is 0.469 e. The van der Waals surface area contributed by atoms with Gasteiger partial charge in [-0.2, -0.15) is 0 Å². The molecule has 1 aromatic heterocycles. The lowest BCUT2D eigenvalue weighted by Gasteiger charge is -2.07. The molecule has 3 aromatic rings. The van der Waals surface area contributed by atoms with E-state index in [1.54, 1.807) is 42.6 Å². The average Bonchev–Trinajstić information content (AvgIpc) is 3.10. The van der Waals surface area contributed by atoms with Gasteiger partial charge in [0, 0.05) is 5.56 Å². The molecule has 3 rings (SSSR count). The highest BCUT2D eigenvalue weighted by molar-refractivity contribution is 7.46. The van der Waals surface area contributed by atoms with Gasteiger partial charge in [-0.15, -0.1) is 5.10 Å². The molecule has 11 heteroatoms. The highest BCUT2D eigenvalue weighted by Gasteiger charge is 2.14. The maximum atomic E-state index is 10.8. The van der Waals surface area contributed by atoms with E-state index >= 15 is 0 Å². The molecule has 10 nitrogen and oxygen atoms in total. The van der Waals surface area contributed by atoms with Crippen LogP contribution in [0, 0.1) is 0 Å². The number of phosphoric ester groups is 1. The molecular weight excluding hydrogens is 371 g/mol. The number of aromatic nitrogens is 3. The normalized spacial score (nSPS) is 11.3. The number of para-hydroxylation sites is 1. The van der Waals surface area contributed by atoms with Crippen LogP contribution in [0.25, 0.3) is 16.9 Å². The Bertz CT molecular complexity index is 1030. The summed E-state index contributed by atoms with van der Waals surface area (Å²) in [5.41, 5.74) is 14.0. The van der Waals surface area contributed by atoms with Crippen LogP contribution < -0.4 is 11.5 Å². The lowest BCUT2D eigenvalue weighted by Crippen LogP contribution is -2.21. The fourth-order valence-corrected chi connectivity index (χ4v) is 2.70. The van der Waals surface area contributed by atoms with Gasteiger partial charge in [-0.3, -0.25) is 4.52 Å². The minimum Gasteiger partial charge on any atom is -0.370 e. The summed E-state index contributed by atoms with van der Waals surface area (Å²) in [4.78, 5) is 21.7. The summed E-state index contributed by atoms with van der Waals surface area (Å²) < 4.78 is 16.9. The van der Waals surface area contributed by atoms with Gasteiger partial charge in [0.2, 0.25) is 0 Å². The second kappa shape index (κ2) is 7.68. The summed E-state index contributed by atoms with van der Waals surface area (Å²) in [7, 11) is -4.54. The molecular formula is C16H17N6O4P. The predicted octanol–water partition coefficient (Wildman–Crippen LogP) is 1.45. The Morgan fingerprint density at radius 2 is 1.96 bits per heavy atom. The van der Waals surface area contributed by atoms with Gasteiger partial charge in [-0.1, -0.05) is 35.5 Å². The SMILES string of the molecule is NC(N)=Nc1ccccc1-c1cn(-c2cccc(COP(=O)(O)O)c2)nn1. The number of hydrogen-bond donors (Lipinski definition) is 4. The second-order valence-electron chi connectivity index (χ2n) is 5.54. The van der Waals surface area contributed by atoms with Gasteiger partial charge in [0.15, 0.2) is 5.96 Å². The summed E-state index contributed by atoms with van der Waals surface area (Å²) in [5.74, 6) is -0.0624. The van der Waals surface area contributed by atoms with E-state index in [9.17, 15) is 4.57 Å². The number of hydrogen-bond acceptors (Lipinski definition) is 5. The third-order valence-corrected chi connectivity index (χ3v) is 3.96. The number of phosphoric acid groups is 1. The Labute approximate surface area is 154 Å². The number of rotatable bonds is 6. The number of nitrogens with zero attached hydrogens (tertiary/aromatic N) is 4. The fourth-order valence-electron chi connectivity index (χ4n) is 2.39. The third kappa shape index (κ3) is 4.99. The molecule has 0 bridgehead atoms. The molecule has 0 aliphatic carbocycles. The van der Waals surface area contributed by atoms with Crippen LogP contribution in [0.15, 0.2) is 59.7 Å². The monoisotopic (exact) mass is 388 g/mol. The Kier molecular flexibility index (Phi) is 5.33. The van der Waals surface area contributed by atoms with Crippen molar-refractivity contribution >= 4 is 19.5 Å². The maximum absolute atomic E-state index is 10.8. The van der Waals surface area contributed by atoms with Gasteiger partial charge >= 0.3 is 7.82 Å². The molecule has 0 amide bonds. The van der Waals surface area contributed by atoms with Gasteiger partial charge in [0.25, 0.3) is 0 Å². The summed E-state index contributed by atoms with van der Waals surface area (Å²) in [6.45, 7) is -0.229. The number of aliphatic imine (C=N–C) groups is 1. The first-order valence-electron chi connectivity index (χ1n) is 7.72. The minimum atomic E-state index is -4.54. The second-order valence-corrected chi connectivity index (χ2v) is 6.78. The van der Waals surface area contributed by atoms with E-state index in [4.69, 9.17) is 21.3 Å². The Morgan fingerprint density at radius 3 is 2.70 bits per heavy atom. The van der Waals surface area contributed by atoms with E-state index in [-0.39, 0.29) is 12.6 Å². The minimum absolute atomic E-state index is 0.0624. The van der Waals surface area contributed by atoms with Crippen LogP contribution >= 0.6 is 7.82 Å². The molecule has 1 heterocycles. The topological polar surface area (TPSA) is 162 Å². The number of benzene rings is 2. The molecule has 6 N–H and O–H groups in total. The van der Waals surface area contributed by atoms with E-state index in [0.717, 1.165) is 0 Å². The van der Waals surface area contributed by atoms with Gasteiger partial charge in [0.05, 0.1) is 24.2 Å². The molecule has 0 unspecified atom stereocenters. The smallest absolute Gasteiger partial charge is 0.370 e. The van der Waals surface area contributed by atoms with Crippen molar-refractivity contribution in [3.63, 3.8) is 0 Å². The highest BCUT2D eigenvalue weighted by atomic mass is 31.2. The lowest BCUT2D eigenvalue weighted by atomic mass is 10.1. The Morgan fingerprint density at radius 1 is 1.19 bits per heavy atom. The zero-order chi connectivity index (χ0) is 19.4. The van der Waals surface area contributed by atoms with Crippen molar-refractivity contribution in [1.29, 1.82) is 0 Å². The summed E-state index contributed by atoms with van der Waals surface area (Å²) >= 11 is 0. The molecule has 0 saturated heterocycles. The first-order valence-corrected chi connectivity index (χ1v) is 9.26. The summed E-state index contributed by atoms with van der Waals surface area (Å²) in [6, 6.07) is 14.1. The fraction of sp³-hybridized carbons (Fsp3) is 0.0625. The molecule has 27 heavy (non-hydrogen) atoms. The standard InChI is InChI=1S/C16H17N6O4P/c17-16(18)19-14-7-2-1-6-13(14)15-9-22(21-20-15)12-5-3-4-11(8-12)10-26-27(23,24)25/h1-9H,10H2,(H4,17,18,19)(H2,23,24,25). The molecule has 0 spiro atoms. The third-order valence-electron chi connectivity index (χ3n) is 3.50. The van der Waals surface area contributed by atoms with Gasteiger partial charge < -0.3 is 21.3 Å². The molecule has 0 fully saturated rings. The van der Waals surface area contributed by atoms with Crippen LogP contribution in [-0.2, 0) is 15.7 Å². The van der Waals surface area contributed by atoms with Crippen LogP contribution in [-0.4, -0.2) is 30.7 Å². The average molecular weight is 388 g/mol. The van der Waals surface area contributed by atoms with Crippen molar-refractivity contribution in [2.24, 2.45) is 16.5 Å². The number of nitrogens with two attached hydrogens (primary N) is 2. The molecule has 2 aromatic carbocycles. The van der Waals surface area contributed by atoms with Crippen LogP contribution in [0.2, 0.25) is 0 Å². The van der Waals surface area contributed by atoms with E-state index < -0.39 is 7.82 Å². The van der Waals surface area contributed by atoms with Crippen LogP contribution in [0.1, 0.15) is 5.56 Å². The summed E-state index contributed by atoms with van der Waals surface area (Å²) in [5, 5.41) is 8.25.